The number of rotatable bonds is 6. The Morgan fingerprint density at radius 3 is 2.72 bits per heavy atom. The number of halogens is 4. The fourth-order valence-electron chi connectivity index (χ4n) is 0.999. The van der Waals surface area contributed by atoms with Gasteiger partial charge >= 0.3 is 12.3 Å². The number of carbonyl (C=O) groups is 1. The summed E-state index contributed by atoms with van der Waals surface area (Å²) in [5.41, 5.74) is 1.90. The van der Waals surface area contributed by atoms with Crippen molar-refractivity contribution in [1.82, 2.24) is 5.43 Å². The Hall–Kier alpha value is -1.19. The number of alkyl halides is 4. The summed E-state index contributed by atoms with van der Waals surface area (Å²) in [5.74, 6) is 0.201. The largest absolute Gasteiger partial charge is 0.369 e. The summed E-state index contributed by atoms with van der Waals surface area (Å²) in [4.78, 5) is 11.8. The first-order valence-electron chi connectivity index (χ1n) is 4.70. The minimum absolute atomic E-state index is 0.273. The fourth-order valence-corrected chi connectivity index (χ4v) is 1.85. The average Bonchev–Trinajstić information content (AvgIpc) is 2.76. The minimum Gasteiger partial charge on any atom is -0.369 e. The van der Waals surface area contributed by atoms with Gasteiger partial charge in [0.15, 0.2) is 0 Å². The van der Waals surface area contributed by atoms with Crippen LogP contribution in [0.25, 0.3) is 0 Å². The highest BCUT2D eigenvalue weighted by Gasteiger charge is 2.40. The zero-order valence-electron chi connectivity index (χ0n) is 8.96. The Morgan fingerprint density at radius 1 is 1.50 bits per heavy atom. The molecule has 0 fully saturated rings. The highest BCUT2D eigenvalue weighted by Crippen LogP contribution is 2.24. The SMILES string of the molecule is NNC(=O)c1ccc(COCC(F)(F)C(F)F)s1. The summed E-state index contributed by atoms with van der Waals surface area (Å²) in [5, 5.41) is 0. The number of ether oxygens (including phenoxy) is 1. The first-order chi connectivity index (χ1) is 8.36. The molecule has 4 nitrogen and oxygen atoms in total. The molecule has 1 aromatic rings. The van der Waals surface area contributed by atoms with Crippen molar-refractivity contribution < 1.29 is 27.1 Å². The molecule has 3 N–H and O–H groups in total. The van der Waals surface area contributed by atoms with Crippen molar-refractivity contribution in [2.24, 2.45) is 5.84 Å². The molecule has 0 saturated carbocycles. The van der Waals surface area contributed by atoms with Crippen molar-refractivity contribution in [3.63, 3.8) is 0 Å². The maximum Gasteiger partial charge on any atom is 0.330 e. The number of nitrogens with one attached hydrogen (secondary N) is 1. The smallest absolute Gasteiger partial charge is 0.330 e. The first-order valence-corrected chi connectivity index (χ1v) is 5.52. The lowest BCUT2D eigenvalue weighted by Crippen LogP contribution is -2.32. The molecule has 0 aliphatic carbocycles. The fraction of sp³-hybridized carbons (Fsp3) is 0.444. The van der Waals surface area contributed by atoms with E-state index in [2.05, 4.69) is 4.74 Å². The number of thiophene rings is 1. The van der Waals surface area contributed by atoms with Crippen LogP contribution in [0.3, 0.4) is 0 Å². The third kappa shape index (κ3) is 3.93. The summed E-state index contributed by atoms with van der Waals surface area (Å²) in [7, 11) is 0. The van der Waals surface area contributed by atoms with Gasteiger partial charge in [0.2, 0.25) is 0 Å². The Balaban J connectivity index is 2.45. The Bertz CT molecular complexity index is 411. The average molecular weight is 286 g/mol. The van der Waals surface area contributed by atoms with Crippen LogP contribution in [0.5, 0.6) is 0 Å². The van der Waals surface area contributed by atoms with E-state index in [4.69, 9.17) is 5.84 Å². The second-order valence-electron chi connectivity index (χ2n) is 3.29. The van der Waals surface area contributed by atoms with E-state index in [1.165, 1.54) is 12.1 Å². The van der Waals surface area contributed by atoms with E-state index in [0.29, 0.717) is 4.88 Å². The molecule has 0 bridgehead atoms. The van der Waals surface area contributed by atoms with Crippen LogP contribution in [-0.2, 0) is 11.3 Å². The quantitative estimate of drug-likeness (QED) is 0.362. The van der Waals surface area contributed by atoms with Crippen LogP contribution in [0.15, 0.2) is 12.1 Å². The van der Waals surface area contributed by atoms with E-state index in [1.807, 2.05) is 5.43 Å². The third-order valence-corrected chi connectivity index (χ3v) is 2.93. The van der Waals surface area contributed by atoms with Gasteiger partial charge in [0, 0.05) is 4.88 Å². The standard InChI is InChI=1S/C9H10F4N2O2S/c10-8(11)9(12,13)4-17-3-5-1-2-6(18-5)7(16)15-14/h1-2,8H,3-4,14H2,(H,15,16). The second-order valence-corrected chi connectivity index (χ2v) is 4.46. The van der Waals surface area contributed by atoms with Gasteiger partial charge < -0.3 is 4.74 Å². The van der Waals surface area contributed by atoms with Gasteiger partial charge in [-0.1, -0.05) is 0 Å². The van der Waals surface area contributed by atoms with E-state index in [1.54, 1.807) is 0 Å². The molecule has 0 atom stereocenters. The van der Waals surface area contributed by atoms with E-state index < -0.39 is 24.9 Å². The molecule has 0 aromatic carbocycles. The molecule has 1 aromatic heterocycles. The highest BCUT2D eigenvalue weighted by atomic mass is 32.1. The van der Waals surface area contributed by atoms with Crippen molar-refractivity contribution in [1.29, 1.82) is 0 Å². The van der Waals surface area contributed by atoms with Crippen LogP contribution < -0.4 is 11.3 Å². The van der Waals surface area contributed by atoms with Gasteiger partial charge in [-0.25, -0.2) is 14.6 Å². The topological polar surface area (TPSA) is 64.3 Å². The van der Waals surface area contributed by atoms with E-state index in [9.17, 15) is 22.4 Å². The maximum absolute atomic E-state index is 12.5. The normalized spacial score (nSPS) is 11.9. The molecule has 0 aliphatic rings. The Labute approximate surface area is 104 Å². The second kappa shape index (κ2) is 6.12. The van der Waals surface area contributed by atoms with Gasteiger partial charge in [0.25, 0.3) is 5.91 Å². The minimum atomic E-state index is -4.17. The molecule has 1 rings (SSSR count). The molecule has 0 radical (unpaired) electrons. The molecule has 0 saturated heterocycles. The van der Waals surface area contributed by atoms with Gasteiger partial charge in [-0.05, 0) is 12.1 Å². The number of carbonyl (C=O) groups excluding carboxylic acids is 1. The summed E-state index contributed by atoms with van der Waals surface area (Å²) in [6.07, 6.45) is -3.76. The molecule has 1 amide bonds. The van der Waals surface area contributed by atoms with Gasteiger partial charge in [0.05, 0.1) is 11.5 Å². The summed E-state index contributed by atoms with van der Waals surface area (Å²) >= 11 is 0.975. The zero-order chi connectivity index (χ0) is 13.8. The number of hydrogen-bond acceptors (Lipinski definition) is 4. The van der Waals surface area contributed by atoms with E-state index in [-0.39, 0.29) is 11.5 Å². The molecule has 9 heteroatoms. The number of hydrazine groups is 1. The third-order valence-electron chi connectivity index (χ3n) is 1.87. The van der Waals surface area contributed by atoms with Gasteiger partial charge in [-0.2, -0.15) is 8.78 Å². The number of nitrogens with two attached hydrogens (primary N) is 1. The molecule has 0 spiro atoms. The van der Waals surface area contributed by atoms with Gasteiger partial charge in [-0.15, -0.1) is 11.3 Å². The summed E-state index contributed by atoms with van der Waals surface area (Å²) in [6, 6.07) is 2.90. The Kier molecular flexibility index (Phi) is 5.05. The van der Waals surface area contributed by atoms with E-state index in [0.717, 1.165) is 11.3 Å². The lowest BCUT2D eigenvalue weighted by molar-refractivity contribution is -0.168. The van der Waals surface area contributed by atoms with Crippen molar-refractivity contribution in [2.75, 3.05) is 6.61 Å². The van der Waals surface area contributed by atoms with Crippen molar-refractivity contribution in [2.45, 2.75) is 19.0 Å². The van der Waals surface area contributed by atoms with Gasteiger partial charge in [-0.3, -0.25) is 10.2 Å². The highest BCUT2D eigenvalue weighted by molar-refractivity contribution is 7.14. The first kappa shape index (κ1) is 14.9. The number of nitrogen functional groups attached to an aromatic ring is 1. The Morgan fingerprint density at radius 2 is 2.17 bits per heavy atom. The molecule has 18 heavy (non-hydrogen) atoms. The van der Waals surface area contributed by atoms with Crippen LogP contribution >= 0.6 is 11.3 Å². The molecule has 102 valence electrons. The van der Waals surface area contributed by atoms with Crippen LogP contribution in [0, 0.1) is 0 Å². The molecule has 0 unspecified atom stereocenters. The lowest BCUT2D eigenvalue weighted by atomic mass is 10.4. The van der Waals surface area contributed by atoms with Crippen LogP contribution in [0.4, 0.5) is 17.6 Å². The van der Waals surface area contributed by atoms with E-state index >= 15 is 0 Å². The molecular formula is C9H10F4N2O2S. The summed E-state index contributed by atoms with van der Waals surface area (Å²) in [6.45, 7) is -1.65. The number of amides is 1. The number of hydrogen-bond donors (Lipinski definition) is 2. The maximum atomic E-state index is 12.5. The molecule has 0 aliphatic heterocycles. The van der Waals surface area contributed by atoms with Crippen LogP contribution in [-0.4, -0.2) is 24.9 Å². The monoisotopic (exact) mass is 286 g/mol. The molecular weight excluding hydrogens is 276 g/mol. The predicted molar refractivity (Wildman–Crippen MR) is 56.6 cm³/mol. The summed E-state index contributed by atoms with van der Waals surface area (Å²) < 4.78 is 53.1. The molecule has 1 heterocycles. The predicted octanol–water partition coefficient (Wildman–Crippen LogP) is 1.77. The van der Waals surface area contributed by atoms with Crippen molar-refractivity contribution in [3.05, 3.63) is 21.9 Å². The van der Waals surface area contributed by atoms with Gasteiger partial charge in [0.1, 0.15) is 6.61 Å². The van der Waals surface area contributed by atoms with Crippen LogP contribution in [0.1, 0.15) is 14.5 Å². The van der Waals surface area contributed by atoms with Crippen molar-refractivity contribution >= 4 is 17.2 Å². The van der Waals surface area contributed by atoms with Crippen LogP contribution in [0.2, 0.25) is 0 Å². The lowest BCUT2D eigenvalue weighted by Gasteiger charge is -2.14. The van der Waals surface area contributed by atoms with Crippen molar-refractivity contribution in [3.8, 4) is 0 Å². The zero-order valence-corrected chi connectivity index (χ0v) is 9.78.